The lowest BCUT2D eigenvalue weighted by Gasteiger charge is -2.43. The molecule has 0 radical (unpaired) electrons. The lowest BCUT2D eigenvalue weighted by molar-refractivity contribution is 0.00578. The zero-order valence-electron chi connectivity index (χ0n) is 14.0. The average Bonchev–Trinajstić information content (AvgIpc) is 2.97. The number of nitrogens with zero attached hydrogens (tertiary/aromatic N) is 4. The van der Waals surface area contributed by atoms with Gasteiger partial charge in [0.05, 0.1) is 41.2 Å². The molecule has 2 heterocycles. The van der Waals surface area contributed by atoms with Crippen molar-refractivity contribution in [2.75, 3.05) is 0 Å². The highest BCUT2D eigenvalue weighted by molar-refractivity contribution is 6.62. The summed E-state index contributed by atoms with van der Waals surface area (Å²) < 4.78 is 13.9. The van der Waals surface area contributed by atoms with E-state index in [2.05, 4.69) is 17.2 Å². The summed E-state index contributed by atoms with van der Waals surface area (Å²) in [6.07, 6.45) is 5.33. The van der Waals surface area contributed by atoms with Gasteiger partial charge in [0.1, 0.15) is 0 Å². The lowest BCUT2D eigenvalue weighted by atomic mass is 9.67. The predicted molar refractivity (Wildman–Crippen MR) is 84.5 cm³/mol. The molecule has 120 valence electrons. The van der Waals surface area contributed by atoms with E-state index in [1.54, 1.807) is 6.20 Å². The Morgan fingerprint density at radius 1 is 1.26 bits per heavy atom. The van der Waals surface area contributed by atoms with E-state index in [0.29, 0.717) is 19.3 Å². The summed E-state index contributed by atoms with van der Waals surface area (Å²) in [6.45, 7) is 8.05. The molecule has 0 N–H and O–H groups in total. The van der Waals surface area contributed by atoms with Gasteiger partial charge in [0.2, 0.25) is 0 Å². The van der Waals surface area contributed by atoms with Gasteiger partial charge in [0.15, 0.2) is 0 Å². The van der Waals surface area contributed by atoms with Crippen LogP contribution in [0.1, 0.15) is 47.0 Å². The number of nitriles is 2. The van der Waals surface area contributed by atoms with Crippen molar-refractivity contribution in [3.63, 3.8) is 0 Å². The van der Waals surface area contributed by atoms with E-state index >= 15 is 0 Å². The molecule has 0 aromatic carbocycles. The molecule has 6 nitrogen and oxygen atoms in total. The maximum absolute atomic E-state index is 9.12. The summed E-state index contributed by atoms with van der Waals surface area (Å²) in [5.41, 5.74) is -0.308. The van der Waals surface area contributed by atoms with E-state index in [1.807, 2.05) is 38.6 Å². The van der Waals surface area contributed by atoms with Gasteiger partial charge in [0, 0.05) is 17.9 Å². The normalized spacial score (nSPS) is 31.2. The quantitative estimate of drug-likeness (QED) is 0.794. The fourth-order valence-corrected chi connectivity index (χ4v) is 3.21. The lowest BCUT2D eigenvalue weighted by Crippen LogP contribution is -2.46. The van der Waals surface area contributed by atoms with Crippen LogP contribution < -0.4 is 5.46 Å². The molecule has 0 spiro atoms. The van der Waals surface area contributed by atoms with Gasteiger partial charge >= 0.3 is 7.12 Å². The zero-order chi connectivity index (χ0) is 16.9. The van der Waals surface area contributed by atoms with E-state index in [1.165, 1.54) is 0 Å². The molecule has 1 aromatic heterocycles. The van der Waals surface area contributed by atoms with Crippen molar-refractivity contribution in [3.8, 4) is 12.1 Å². The van der Waals surface area contributed by atoms with Gasteiger partial charge in [0.25, 0.3) is 0 Å². The van der Waals surface area contributed by atoms with E-state index in [9.17, 15) is 0 Å². The van der Waals surface area contributed by atoms with Crippen molar-refractivity contribution < 1.29 is 9.31 Å². The third kappa shape index (κ3) is 2.45. The summed E-state index contributed by atoms with van der Waals surface area (Å²) in [6, 6.07) is 4.49. The van der Waals surface area contributed by atoms with Crippen molar-refractivity contribution in [2.45, 2.75) is 63.7 Å². The number of hydrogen-bond acceptors (Lipinski definition) is 5. The highest BCUT2D eigenvalue weighted by atomic mass is 16.7. The van der Waals surface area contributed by atoms with Gasteiger partial charge < -0.3 is 9.31 Å². The van der Waals surface area contributed by atoms with Crippen LogP contribution in [-0.4, -0.2) is 28.1 Å². The number of hydrogen-bond donors (Lipinski definition) is 0. The zero-order valence-corrected chi connectivity index (χ0v) is 14.0. The molecule has 23 heavy (non-hydrogen) atoms. The fraction of sp³-hybridized carbons (Fsp3) is 0.688. The SMILES string of the molecule is CC1(C)OB(c2cnn([C@]3(CC#N)C[C@@H](C#N)C3)c2)OC1(C)C. The van der Waals surface area contributed by atoms with Crippen LogP contribution in [0.3, 0.4) is 0 Å². The molecular formula is C16H21BN4O2. The Hall–Kier alpha value is -1.83. The molecule has 1 saturated carbocycles. The van der Waals surface area contributed by atoms with Crippen LogP contribution in [-0.2, 0) is 14.8 Å². The third-order valence-electron chi connectivity index (χ3n) is 5.46. The Balaban J connectivity index is 1.82. The van der Waals surface area contributed by atoms with E-state index < -0.39 is 18.3 Å². The van der Waals surface area contributed by atoms with E-state index in [-0.39, 0.29) is 11.5 Å². The Morgan fingerprint density at radius 2 is 1.87 bits per heavy atom. The minimum Gasteiger partial charge on any atom is -0.399 e. The Bertz CT molecular complexity index is 676. The number of aromatic nitrogens is 2. The van der Waals surface area contributed by atoms with Crippen LogP contribution in [0.25, 0.3) is 0 Å². The summed E-state index contributed by atoms with van der Waals surface area (Å²) in [4.78, 5) is 0. The fourth-order valence-electron chi connectivity index (χ4n) is 3.21. The molecule has 2 aliphatic rings. The second-order valence-corrected chi connectivity index (χ2v) is 7.60. The van der Waals surface area contributed by atoms with Crippen LogP contribution in [0.2, 0.25) is 0 Å². The molecule has 1 aliphatic carbocycles. The Morgan fingerprint density at radius 3 is 2.39 bits per heavy atom. The largest absolute Gasteiger partial charge is 0.498 e. The van der Waals surface area contributed by atoms with E-state index in [0.717, 1.165) is 5.46 Å². The molecule has 2 fully saturated rings. The minimum absolute atomic E-state index is 0.00727. The van der Waals surface area contributed by atoms with Crippen molar-refractivity contribution in [3.05, 3.63) is 12.4 Å². The standard InChI is InChI=1S/C16H21BN4O2/c1-14(2)15(3,4)23-17(22-14)13-10-20-21(11-13)16(5-6-18)7-12(8-16)9-19/h10-12H,5,7-8H2,1-4H3/t12-,16-. The summed E-state index contributed by atoms with van der Waals surface area (Å²) >= 11 is 0. The van der Waals surface area contributed by atoms with Gasteiger partial charge in [-0.15, -0.1) is 0 Å². The highest BCUT2D eigenvalue weighted by Crippen LogP contribution is 2.45. The molecule has 0 unspecified atom stereocenters. The monoisotopic (exact) mass is 312 g/mol. The summed E-state index contributed by atoms with van der Waals surface area (Å²) in [5.74, 6) is 0.00727. The maximum atomic E-state index is 9.12. The van der Waals surface area contributed by atoms with Gasteiger partial charge in [-0.1, -0.05) is 0 Å². The average molecular weight is 312 g/mol. The van der Waals surface area contributed by atoms with Gasteiger partial charge in [-0.2, -0.15) is 15.6 Å². The van der Waals surface area contributed by atoms with Gasteiger partial charge in [-0.05, 0) is 40.5 Å². The van der Waals surface area contributed by atoms with Crippen molar-refractivity contribution in [2.24, 2.45) is 5.92 Å². The Kier molecular flexibility index (Phi) is 3.55. The molecule has 1 aliphatic heterocycles. The third-order valence-corrected chi connectivity index (χ3v) is 5.46. The molecule has 3 rings (SSSR count). The van der Waals surface area contributed by atoms with Crippen LogP contribution >= 0.6 is 0 Å². The van der Waals surface area contributed by atoms with Crippen LogP contribution in [0, 0.1) is 28.6 Å². The van der Waals surface area contributed by atoms with E-state index in [4.69, 9.17) is 19.8 Å². The first kappa shape index (κ1) is 16.0. The van der Waals surface area contributed by atoms with Crippen LogP contribution in [0.5, 0.6) is 0 Å². The second kappa shape index (κ2) is 5.09. The second-order valence-electron chi connectivity index (χ2n) is 7.60. The molecular weight excluding hydrogens is 291 g/mol. The maximum Gasteiger partial charge on any atom is 0.498 e. The molecule has 0 atom stereocenters. The van der Waals surface area contributed by atoms with Crippen molar-refractivity contribution >= 4 is 12.6 Å². The first-order chi connectivity index (χ1) is 10.7. The number of rotatable bonds is 3. The molecule has 1 aromatic rings. The summed E-state index contributed by atoms with van der Waals surface area (Å²) in [7, 11) is -0.459. The molecule has 0 bridgehead atoms. The first-order valence-corrected chi connectivity index (χ1v) is 7.90. The molecule has 7 heteroatoms. The Labute approximate surface area is 137 Å². The van der Waals surface area contributed by atoms with Crippen molar-refractivity contribution in [1.82, 2.24) is 9.78 Å². The van der Waals surface area contributed by atoms with Crippen molar-refractivity contribution in [1.29, 1.82) is 10.5 Å². The highest BCUT2D eigenvalue weighted by Gasteiger charge is 2.53. The van der Waals surface area contributed by atoms with Crippen LogP contribution in [0.4, 0.5) is 0 Å². The first-order valence-electron chi connectivity index (χ1n) is 7.90. The topological polar surface area (TPSA) is 83.9 Å². The summed E-state index contributed by atoms with van der Waals surface area (Å²) in [5, 5.41) is 22.6. The van der Waals surface area contributed by atoms with Crippen LogP contribution in [0.15, 0.2) is 12.4 Å². The minimum atomic E-state index is -0.459. The smallest absolute Gasteiger partial charge is 0.399 e. The van der Waals surface area contributed by atoms with Gasteiger partial charge in [-0.25, -0.2) is 0 Å². The molecule has 1 saturated heterocycles. The molecule has 0 amide bonds. The predicted octanol–water partition coefficient (Wildman–Crippen LogP) is 1.72. The van der Waals surface area contributed by atoms with Gasteiger partial charge in [-0.3, -0.25) is 4.68 Å².